The van der Waals surface area contributed by atoms with Crippen LogP contribution in [-0.4, -0.2) is 11.9 Å². The molecule has 0 amide bonds. The Bertz CT molecular complexity index is 208. The second kappa shape index (κ2) is 3.58. The van der Waals surface area contributed by atoms with E-state index in [1.807, 2.05) is 44.2 Å². The van der Waals surface area contributed by atoms with Crippen molar-refractivity contribution < 1.29 is 5.02 Å². The van der Waals surface area contributed by atoms with Gasteiger partial charge in [0.15, 0.2) is 0 Å². The summed E-state index contributed by atoms with van der Waals surface area (Å²) in [5, 5.41) is 9.60. The van der Waals surface area contributed by atoms with Crippen LogP contribution in [0.1, 0.15) is 13.8 Å². The van der Waals surface area contributed by atoms with Crippen molar-refractivity contribution in [3.63, 3.8) is 0 Å². The van der Waals surface area contributed by atoms with Crippen molar-refractivity contribution in [2.75, 3.05) is 0 Å². The first-order valence-corrected chi connectivity index (χ1v) is 3.95. The zero-order chi connectivity index (χ0) is 8.27. The Kier molecular flexibility index (Phi) is 2.72. The first-order valence-electron chi connectivity index (χ1n) is 3.95. The average Bonchev–Trinajstić information content (AvgIpc) is 2.05. The molecule has 0 unspecified atom stereocenters. The Labute approximate surface area is 68.2 Å². The predicted octanol–water partition coefficient (Wildman–Crippen LogP) is 1.29. The minimum absolute atomic E-state index is 0.289. The summed E-state index contributed by atoms with van der Waals surface area (Å²) in [5.41, 5.74) is 1.00. The Morgan fingerprint density at radius 1 is 1.18 bits per heavy atom. The highest BCUT2D eigenvalue weighted by atomic mass is 16.2. The maximum absolute atomic E-state index is 9.60. The lowest BCUT2D eigenvalue weighted by atomic mass is 9.53. The van der Waals surface area contributed by atoms with Crippen LogP contribution in [-0.2, 0) is 0 Å². The zero-order valence-electron chi connectivity index (χ0n) is 6.99. The second-order valence-corrected chi connectivity index (χ2v) is 3.10. The van der Waals surface area contributed by atoms with Gasteiger partial charge >= 0.3 is 6.92 Å². The molecule has 1 aromatic carbocycles. The zero-order valence-corrected chi connectivity index (χ0v) is 6.99. The molecule has 0 bridgehead atoms. The summed E-state index contributed by atoms with van der Waals surface area (Å²) in [6.45, 7) is 3.70. The molecule has 0 saturated heterocycles. The molecule has 58 valence electrons. The topological polar surface area (TPSA) is 20.2 Å². The quantitative estimate of drug-likeness (QED) is 0.626. The standard InChI is InChI=1S/C9H13BO/c1-8(2)10(11)9-6-4-3-5-7-9/h3-8,11H,1-2H3. The summed E-state index contributed by atoms with van der Waals surface area (Å²) in [4.78, 5) is 0. The maximum Gasteiger partial charge on any atom is 0.326 e. The Morgan fingerprint density at radius 2 is 1.73 bits per heavy atom. The lowest BCUT2D eigenvalue weighted by molar-refractivity contribution is 0.569. The fraction of sp³-hybridized carbons (Fsp3) is 0.333. The van der Waals surface area contributed by atoms with E-state index in [9.17, 15) is 5.02 Å². The summed E-state index contributed by atoms with van der Waals surface area (Å²) < 4.78 is 0. The summed E-state index contributed by atoms with van der Waals surface area (Å²) in [6.07, 6.45) is 0. The van der Waals surface area contributed by atoms with E-state index >= 15 is 0 Å². The van der Waals surface area contributed by atoms with Crippen LogP contribution in [0.4, 0.5) is 0 Å². The first kappa shape index (κ1) is 8.34. The third-order valence-corrected chi connectivity index (χ3v) is 1.77. The van der Waals surface area contributed by atoms with E-state index in [2.05, 4.69) is 0 Å². The van der Waals surface area contributed by atoms with E-state index in [1.165, 1.54) is 0 Å². The van der Waals surface area contributed by atoms with Crippen molar-refractivity contribution in [3.8, 4) is 0 Å². The van der Waals surface area contributed by atoms with Crippen LogP contribution in [0.5, 0.6) is 0 Å². The van der Waals surface area contributed by atoms with E-state index in [0.29, 0.717) is 0 Å². The third-order valence-electron chi connectivity index (χ3n) is 1.77. The third kappa shape index (κ3) is 2.09. The van der Waals surface area contributed by atoms with Gasteiger partial charge in [-0.3, -0.25) is 0 Å². The van der Waals surface area contributed by atoms with Crippen molar-refractivity contribution in [2.24, 2.45) is 0 Å². The fourth-order valence-corrected chi connectivity index (χ4v) is 1.04. The number of benzene rings is 1. The summed E-state index contributed by atoms with van der Waals surface area (Å²) >= 11 is 0. The first-order chi connectivity index (χ1) is 5.22. The molecule has 0 aromatic heterocycles. The highest BCUT2D eigenvalue weighted by molar-refractivity contribution is 6.67. The van der Waals surface area contributed by atoms with Crippen molar-refractivity contribution >= 4 is 12.4 Å². The molecule has 0 atom stereocenters. The second-order valence-electron chi connectivity index (χ2n) is 3.10. The van der Waals surface area contributed by atoms with Gasteiger partial charge in [0.25, 0.3) is 0 Å². The van der Waals surface area contributed by atoms with Crippen LogP contribution in [0.3, 0.4) is 0 Å². The van der Waals surface area contributed by atoms with Crippen LogP contribution in [0.2, 0.25) is 5.82 Å². The molecule has 1 nitrogen and oxygen atoms in total. The van der Waals surface area contributed by atoms with Crippen LogP contribution < -0.4 is 5.46 Å². The minimum Gasteiger partial charge on any atom is -0.446 e. The average molecular weight is 148 g/mol. The molecule has 0 spiro atoms. The predicted molar refractivity (Wildman–Crippen MR) is 49.1 cm³/mol. The SMILES string of the molecule is CC(C)B(O)c1ccccc1. The molecule has 0 aliphatic heterocycles. The van der Waals surface area contributed by atoms with Gasteiger partial charge in [0, 0.05) is 0 Å². The summed E-state index contributed by atoms with van der Waals surface area (Å²) in [5.74, 6) is 0.289. The molecule has 11 heavy (non-hydrogen) atoms. The van der Waals surface area contributed by atoms with Gasteiger partial charge in [-0.15, -0.1) is 0 Å². The van der Waals surface area contributed by atoms with Crippen LogP contribution in [0.25, 0.3) is 0 Å². The molecule has 0 aliphatic rings. The summed E-state index contributed by atoms with van der Waals surface area (Å²) in [7, 11) is 0. The highest BCUT2D eigenvalue weighted by Crippen LogP contribution is 2.03. The molecule has 0 radical (unpaired) electrons. The highest BCUT2D eigenvalue weighted by Gasteiger charge is 2.16. The van der Waals surface area contributed by atoms with E-state index in [4.69, 9.17) is 0 Å². The normalized spacial score (nSPS) is 10.2. The molecular formula is C9H13BO. The van der Waals surface area contributed by atoms with Crippen LogP contribution in [0, 0.1) is 0 Å². The smallest absolute Gasteiger partial charge is 0.326 e. The van der Waals surface area contributed by atoms with Gasteiger partial charge in [-0.05, 0) is 11.3 Å². The molecule has 1 N–H and O–H groups in total. The molecule has 1 rings (SSSR count). The molecule has 2 heteroatoms. The van der Waals surface area contributed by atoms with Crippen molar-refractivity contribution in [3.05, 3.63) is 30.3 Å². The van der Waals surface area contributed by atoms with Gasteiger partial charge in [0.1, 0.15) is 0 Å². The molecule has 0 heterocycles. The minimum atomic E-state index is -0.323. The van der Waals surface area contributed by atoms with Crippen LogP contribution >= 0.6 is 0 Å². The Balaban J connectivity index is 2.77. The number of rotatable bonds is 2. The van der Waals surface area contributed by atoms with Crippen molar-refractivity contribution in [2.45, 2.75) is 19.7 Å². The van der Waals surface area contributed by atoms with Gasteiger partial charge in [-0.25, -0.2) is 0 Å². The Hall–Kier alpha value is -0.755. The van der Waals surface area contributed by atoms with Crippen LogP contribution in [0.15, 0.2) is 30.3 Å². The van der Waals surface area contributed by atoms with Gasteiger partial charge in [0.05, 0.1) is 0 Å². The molecule has 0 saturated carbocycles. The molecule has 1 aromatic rings. The fourth-order valence-electron chi connectivity index (χ4n) is 1.04. The monoisotopic (exact) mass is 148 g/mol. The van der Waals surface area contributed by atoms with E-state index in [0.717, 1.165) is 5.46 Å². The van der Waals surface area contributed by atoms with E-state index in [-0.39, 0.29) is 12.7 Å². The molecular weight excluding hydrogens is 135 g/mol. The number of hydrogen-bond acceptors (Lipinski definition) is 1. The largest absolute Gasteiger partial charge is 0.446 e. The lowest BCUT2D eigenvalue weighted by Crippen LogP contribution is -2.32. The van der Waals surface area contributed by atoms with E-state index in [1.54, 1.807) is 0 Å². The van der Waals surface area contributed by atoms with E-state index < -0.39 is 0 Å². The van der Waals surface area contributed by atoms with Crippen molar-refractivity contribution in [1.82, 2.24) is 0 Å². The summed E-state index contributed by atoms with van der Waals surface area (Å²) in [6, 6.07) is 9.74. The van der Waals surface area contributed by atoms with Crippen molar-refractivity contribution in [1.29, 1.82) is 0 Å². The Morgan fingerprint density at radius 3 is 2.18 bits per heavy atom. The molecule has 0 aliphatic carbocycles. The lowest BCUT2D eigenvalue weighted by Gasteiger charge is -2.08. The van der Waals surface area contributed by atoms with Gasteiger partial charge in [-0.2, -0.15) is 0 Å². The van der Waals surface area contributed by atoms with Gasteiger partial charge in [-0.1, -0.05) is 44.2 Å². The van der Waals surface area contributed by atoms with Gasteiger partial charge in [0.2, 0.25) is 0 Å². The molecule has 0 fully saturated rings. The maximum atomic E-state index is 9.60. The number of hydrogen-bond donors (Lipinski definition) is 1. The van der Waals surface area contributed by atoms with Gasteiger partial charge < -0.3 is 5.02 Å².